The average Bonchev–Trinajstić information content (AvgIpc) is 2.17. The van der Waals surface area contributed by atoms with Crippen LogP contribution < -0.4 is 5.32 Å². The zero-order chi connectivity index (χ0) is 9.52. The minimum atomic E-state index is 0.137. The van der Waals surface area contributed by atoms with Gasteiger partial charge in [0.1, 0.15) is 0 Å². The smallest absolute Gasteiger partial charge is 0.207 e. The van der Waals surface area contributed by atoms with Crippen LogP contribution in [0.1, 0.15) is 11.1 Å². The van der Waals surface area contributed by atoms with Gasteiger partial charge in [-0.3, -0.25) is 4.79 Å². The van der Waals surface area contributed by atoms with Crippen molar-refractivity contribution in [2.75, 3.05) is 6.61 Å². The van der Waals surface area contributed by atoms with Crippen LogP contribution in [0.4, 0.5) is 0 Å². The summed E-state index contributed by atoms with van der Waals surface area (Å²) in [7, 11) is 0. The Hall–Kier alpha value is -1.35. The molecule has 1 aromatic rings. The van der Waals surface area contributed by atoms with Gasteiger partial charge in [-0.1, -0.05) is 24.3 Å². The fourth-order valence-electron chi connectivity index (χ4n) is 1.25. The molecule has 0 aliphatic heterocycles. The van der Waals surface area contributed by atoms with Gasteiger partial charge in [0.15, 0.2) is 0 Å². The Morgan fingerprint density at radius 3 is 2.62 bits per heavy atom. The predicted octanol–water partition coefficient (Wildman–Crippen LogP) is 0.467. The number of carbonyl (C=O) groups excluding carboxylic acids is 1. The number of aliphatic hydroxyl groups is 1. The van der Waals surface area contributed by atoms with E-state index in [1.165, 1.54) is 0 Å². The van der Waals surface area contributed by atoms with E-state index < -0.39 is 0 Å². The molecule has 0 saturated heterocycles. The van der Waals surface area contributed by atoms with Crippen LogP contribution in [-0.2, 0) is 17.8 Å². The second kappa shape index (κ2) is 5.32. The molecule has 0 atom stereocenters. The van der Waals surface area contributed by atoms with Crippen LogP contribution in [-0.4, -0.2) is 18.1 Å². The number of carbonyl (C=O) groups is 1. The van der Waals surface area contributed by atoms with Gasteiger partial charge in [0.05, 0.1) is 0 Å². The van der Waals surface area contributed by atoms with Crippen LogP contribution >= 0.6 is 0 Å². The van der Waals surface area contributed by atoms with Crippen molar-refractivity contribution >= 4 is 6.41 Å². The number of rotatable bonds is 5. The maximum Gasteiger partial charge on any atom is 0.207 e. The predicted molar refractivity (Wildman–Crippen MR) is 50.1 cm³/mol. The van der Waals surface area contributed by atoms with Crippen molar-refractivity contribution in [1.29, 1.82) is 0 Å². The fraction of sp³-hybridized carbons (Fsp3) is 0.300. The molecule has 1 aromatic carbocycles. The Morgan fingerprint density at radius 1 is 1.31 bits per heavy atom. The third kappa shape index (κ3) is 2.87. The monoisotopic (exact) mass is 179 g/mol. The molecule has 70 valence electrons. The maximum atomic E-state index is 10.1. The maximum absolute atomic E-state index is 10.1. The second-order valence-electron chi connectivity index (χ2n) is 2.74. The SMILES string of the molecule is O=CNCc1ccccc1CCO. The Labute approximate surface area is 77.4 Å². The van der Waals surface area contributed by atoms with Crippen molar-refractivity contribution in [1.82, 2.24) is 5.32 Å². The lowest BCUT2D eigenvalue weighted by atomic mass is 10.1. The highest BCUT2D eigenvalue weighted by Crippen LogP contribution is 2.08. The molecule has 0 fully saturated rings. The summed E-state index contributed by atoms with van der Waals surface area (Å²) in [5.41, 5.74) is 2.14. The molecule has 0 bridgehead atoms. The molecule has 2 N–H and O–H groups in total. The first-order chi connectivity index (χ1) is 6.38. The first kappa shape index (κ1) is 9.74. The lowest BCUT2D eigenvalue weighted by Crippen LogP contribution is -2.11. The molecule has 13 heavy (non-hydrogen) atoms. The molecular formula is C10H13NO2. The Balaban J connectivity index is 2.71. The van der Waals surface area contributed by atoms with E-state index in [1.807, 2.05) is 24.3 Å². The van der Waals surface area contributed by atoms with Gasteiger partial charge in [-0.05, 0) is 17.5 Å². The molecule has 0 aliphatic rings. The topological polar surface area (TPSA) is 49.3 Å². The largest absolute Gasteiger partial charge is 0.396 e. The normalized spacial score (nSPS) is 9.62. The van der Waals surface area contributed by atoms with Crippen molar-refractivity contribution in [2.45, 2.75) is 13.0 Å². The van der Waals surface area contributed by atoms with Crippen molar-refractivity contribution in [3.63, 3.8) is 0 Å². The Bertz CT molecular complexity index is 273. The van der Waals surface area contributed by atoms with E-state index in [0.717, 1.165) is 11.1 Å². The van der Waals surface area contributed by atoms with Gasteiger partial charge in [-0.25, -0.2) is 0 Å². The molecule has 3 heteroatoms. The van der Waals surface area contributed by atoms with Crippen molar-refractivity contribution in [3.8, 4) is 0 Å². The quantitative estimate of drug-likeness (QED) is 0.645. The molecule has 1 amide bonds. The summed E-state index contributed by atoms with van der Waals surface area (Å²) in [5.74, 6) is 0. The van der Waals surface area contributed by atoms with E-state index in [-0.39, 0.29) is 6.61 Å². The third-order valence-electron chi connectivity index (χ3n) is 1.88. The average molecular weight is 179 g/mol. The molecular weight excluding hydrogens is 166 g/mol. The third-order valence-corrected chi connectivity index (χ3v) is 1.88. The molecule has 0 heterocycles. The van der Waals surface area contributed by atoms with Gasteiger partial charge in [-0.2, -0.15) is 0 Å². The summed E-state index contributed by atoms with van der Waals surface area (Å²) in [6.45, 7) is 0.664. The minimum Gasteiger partial charge on any atom is -0.396 e. The van der Waals surface area contributed by atoms with Crippen molar-refractivity contribution in [2.24, 2.45) is 0 Å². The van der Waals surface area contributed by atoms with Crippen LogP contribution in [0.5, 0.6) is 0 Å². The van der Waals surface area contributed by atoms with E-state index in [9.17, 15) is 4.79 Å². The highest BCUT2D eigenvalue weighted by atomic mass is 16.2. The van der Waals surface area contributed by atoms with E-state index in [4.69, 9.17) is 5.11 Å². The van der Waals surface area contributed by atoms with E-state index in [1.54, 1.807) is 0 Å². The number of nitrogens with one attached hydrogen (secondary N) is 1. The summed E-state index contributed by atoms with van der Waals surface area (Å²) < 4.78 is 0. The van der Waals surface area contributed by atoms with E-state index in [0.29, 0.717) is 19.4 Å². The zero-order valence-electron chi connectivity index (χ0n) is 7.36. The molecule has 0 spiro atoms. The number of hydrogen-bond acceptors (Lipinski definition) is 2. The molecule has 0 saturated carbocycles. The molecule has 1 rings (SSSR count). The number of hydrogen-bond donors (Lipinski definition) is 2. The molecule has 0 aliphatic carbocycles. The van der Waals surface area contributed by atoms with Crippen molar-refractivity contribution < 1.29 is 9.90 Å². The number of amides is 1. The summed E-state index contributed by atoms with van der Waals surface area (Å²) in [6.07, 6.45) is 1.31. The standard InChI is InChI=1S/C10H13NO2/c12-6-5-9-3-1-2-4-10(9)7-11-8-13/h1-4,8,12H,5-7H2,(H,11,13). The first-order valence-corrected chi connectivity index (χ1v) is 4.23. The van der Waals surface area contributed by atoms with Gasteiger partial charge in [0, 0.05) is 13.2 Å². The summed E-state index contributed by atoms with van der Waals surface area (Å²) in [6, 6.07) is 7.75. The lowest BCUT2D eigenvalue weighted by Gasteiger charge is -2.06. The van der Waals surface area contributed by atoms with Gasteiger partial charge in [0.2, 0.25) is 6.41 Å². The molecule has 0 unspecified atom stereocenters. The lowest BCUT2D eigenvalue weighted by molar-refractivity contribution is -0.109. The Kier molecular flexibility index (Phi) is 3.99. The first-order valence-electron chi connectivity index (χ1n) is 4.23. The van der Waals surface area contributed by atoms with E-state index >= 15 is 0 Å². The van der Waals surface area contributed by atoms with Gasteiger partial charge in [-0.15, -0.1) is 0 Å². The second-order valence-corrected chi connectivity index (χ2v) is 2.74. The summed E-state index contributed by atoms with van der Waals surface area (Å²) >= 11 is 0. The molecule has 0 radical (unpaired) electrons. The Morgan fingerprint density at radius 2 is 2.00 bits per heavy atom. The fourth-order valence-corrected chi connectivity index (χ4v) is 1.25. The summed E-state index contributed by atoms with van der Waals surface area (Å²) in [4.78, 5) is 10.1. The van der Waals surface area contributed by atoms with Gasteiger partial charge in [0.25, 0.3) is 0 Å². The van der Waals surface area contributed by atoms with Crippen LogP contribution in [0.25, 0.3) is 0 Å². The zero-order valence-corrected chi connectivity index (χ0v) is 7.36. The van der Waals surface area contributed by atoms with Gasteiger partial charge < -0.3 is 10.4 Å². The van der Waals surface area contributed by atoms with E-state index in [2.05, 4.69) is 5.32 Å². The highest BCUT2D eigenvalue weighted by molar-refractivity contribution is 5.46. The minimum absolute atomic E-state index is 0.137. The van der Waals surface area contributed by atoms with Crippen LogP contribution in [0.15, 0.2) is 24.3 Å². The number of benzene rings is 1. The number of aliphatic hydroxyl groups excluding tert-OH is 1. The van der Waals surface area contributed by atoms with Gasteiger partial charge >= 0.3 is 0 Å². The molecule has 0 aromatic heterocycles. The van der Waals surface area contributed by atoms with Crippen LogP contribution in [0.3, 0.4) is 0 Å². The van der Waals surface area contributed by atoms with Crippen LogP contribution in [0.2, 0.25) is 0 Å². The van der Waals surface area contributed by atoms with Crippen LogP contribution in [0, 0.1) is 0 Å². The molecule has 3 nitrogen and oxygen atoms in total. The van der Waals surface area contributed by atoms with Crippen molar-refractivity contribution in [3.05, 3.63) is 35.4 Å². The highest BCUT2D eigenvalue weighted by Gasteiger charge is 1.99. The summed E-state index contributed by atoms with van der Waals surface area (Å²) in [5, 5.41) is 11.4.